The minimum absolute atomic E-state index is 0.0438. The average molecular weight is 379 g/mol. The molecule has 0 saturated carbocycles. The number of hydrogen-bond acceptors (Lipinski definition) is 7. The van der Waals surface area contributed by atoms with Gasteiger partial charge in [-0.1, -0.05) is 31.5 Å². The van der Waals surface area contributed by atoms with Gasteiger partial charge in [-0.15, -0.1) is 10.2 Å². The maximum Gasteiger partial charge on any atom is 0.230 e. The number of benzene rings is 1. The van der Waals surface area contributed by atoms with E-state index in [9.17, 15) is 4.79 Å². The number of methoxy groups -OCH3 is 2. The molecule has 1 aromatic heterocycles. The molecular weight excluding hydrogens is 354 g/mol. The second-order valence-electron chi connectivity index (χ2n) is 5.59. The van der Waals surface area contributed by atoms with Crippen LogP contribution in [0.5, 0.6) is 11.5 Å². The summed E-state index contributed by atoms with van der Waals surface area (Å²) in [5.74, 6) is 8.00. The lowest BCUT2D eigenvalue weighted by molar-refractivity contribution is -0.118. The molecule has 3 N–H and O–H groups in total. The van der Waals surface area contributed by atoms with E-state index in [2.05, 4.69) is 22.4 Å². The summed E-state index contributed by atoms with van der Waals surface area (Å²) < 4.78 is 11.9. The lowest BCUT2D eigenvalue weighted by Gasteiger charge is -2.10. The number of carbonyl (C=O) groups excluding carboxylic acids is 1. The van der Waals surface area contributed by atoms with E-state index in [1.54, 1.807) is 32.4 Å². The zero-order valence-corrected chi connectivity index (χ0v) is 16.1. The Morgan fingerprint density at radius 3 is 2.77 bits per heavy atom. The zero-order chi connectivity index (χ0) is 18.9. The zero-order valence-electron chi connectivity index (χ0n) is 15.3. The molecule has 0 unspecified atom stereocenters. The summed E-state index contributed by atoms with van der Waals surface area (Å²) in [5, 5.41) is 11.5. The molecule has 2 aromatic rings. The summed E-state index contributed by atoms with van der Waals surface area (Å²) in [6.07, 6.45) is 3.22. The van der Waals surface area contributed by atoms with Gasteiger partial charge >= 0.3 is 0 Å². The van der Waals surface area contributed by atoms with Gasteiger partial charge in [0.15, 0.2) is 5.82 Å². The van der Waals surface area contributed by atoms with Crippen molar-refractivity contribution >= 4 is 17.7 Å². The van der Waals surface area contributed by atoms with Crippen molar-refractivity contribution < 1.29 is 14.3 Å². The van der Waals surface area contributed by atoms with Gasteiger partial charge in [-0.3, -0.25) is 4.79 Å². The van der Waals surface area contributed by atoms with E-state index in [1.165, 1.54) is 16.4 Å². The van der Waals surface area contributed by atoms with E-state index in [0.717, 1.165) is 19.3 Å². The predicted molar refractivity (Wildman–Crippen MR) is 102 cm³/mol. The molecule has 0 aliphatic carbocycles. The van der Waals surface area contributed by atoms with E-state index in [0.29, 0.717) is 34.6 Å². The fourth-order valence-corrected chi connectivity index (χ4v) is 3.01. The van der Waals surface area contributed by atoms with Crippen molar-refractivity contribution in [2.45, 2.75) is 31.3 Å². The summed E-state index contributed by atoms with van der Waals surface area (Å²) in [4.78, 5) is 11.9. The molecule has 1 amide bonds. The summed E-state index contributed by atoms with van der Waals surface area (Å²) >= 11 is 1.24. The number of amides is 1. The van der Waals surface area contributed by atoms with E-state index >= 15 is 0 Å². The number of nitrogens with one attached hydrogen (secondary N) is 1. The number of ether oxygens (including phenoxy) is 2. The number of unbranched alkanes of at least 4 members (excludes halogenated alkanes) is 2. The standard InChI is InChI=1S/C17H25N5O3S/c1-4-5-6-9-19-15(23)11-26-17-21-20-16(22(17)18)13-8-7-12(24-2)10-14(13)25-3/h7-8,10H,4-6,9,11,18H2,1-3H3,(H,19,23). The molecule has 8 nitrogen and oxygen atoms in total. The molecule has 0 fully saturated rings. The monoisotopic (exact) mass is 379 g/mol. The average Bonchev–Trinajstić information content (AvgIpc) is 3.03. The van der Waals surface area contributed by atoms with Gasteiger partial charge < -0.3 is 20.6 Å². The number of hydrogen-bond donors (Lipinski definition) is 2. The SMILES string of the molecule is CCCCCNC(=O)CSc1nnc(-c2ccc(OC)cc2OC)n1N. The molecule has 0 atom stereocenters. The van der Waals surface area contributed by atoms with Crippen molar-refractivity contribution in [2.24, 2.45) is 0 Å². The van der Waals surface area contributed by atoms with Crippen molar-refractivity contribution in [2.75, 3.05) is 32.4 Å². The van der Waals surface area contributed by atoms with Gasteiger partial charge in [-0.05, 0) is 18.6 Å². The first-order valence-electron chi connectivity index (χ1n) is 8.43. The number of nitrogen functional groups attached to an aromatic ring is 1. The number of thioether (sulfide) groups is 1. The highest BCUT2D eigenvalue weighted by Crippen LogP contribution is 2.32. The van der Waals surface area contributed by atoms with Gasteiger partial charge in [-0.2, -0.15) is 0 Å². The second kappa shape index (κ2) is 9.91. The van der Waals surface area contributed by atoms with Crippen LogP contribution in [0, 0.1) is 0 Å². The molecular formula is C17H25N5O3S. The van der Waals surface area contributed by atoms with Crippen LogP contribution in [0.1, 0.15) is 26.2 Å². The molecule has 9 heteroatoms. The maximum absolute atomic E-state index is 11.9. The Kier molecular flexibility index (Phi) is 7.58. The molecule has 142 valence electrons. The number of nitrogens with zero attached hydrogens (tertiary/aromatic N) is 3. The normalized spacial score (nSPS) is 10.6. The highest BCUT2D eigenvalue weighted by Gasteiger charge is 2.17. The van der Waals surface area contributed by atoms with Gasteiger partial charge in [0.25, 0.3) is 0 Å². The van der Waals surface area contributed by atoms with Gasteiger partial charge in [0.2, 0.25) is 11.1 Å². The van der Waals surface area contributed by atoms with E-state index in [4.69, 9.17) is 15.3 Å². The maximum atomic E-state index is 11.9. The largest absolute Gasteiger partial charge is 0.497 e. The third kappa shape index (κ3) is 5.04. The first-order chi connectivity index (χ1) is 12.6. The van der Waals surface area contributed by atoms with Crippen LogP contribution in [0.3, 0.4) is 0 Å². The van der Waals surface area contributed by atoms with Crippen molar-refractivity contribution in [1.82, 2.24) is 20.2 Å². The summed E-state index contributed by atoms with van der Waals surface area (Å²) in [7, 11) is 3.15. The number of rotatable bonds is 10. The Morgan fingerprint density at radius 2 is 2.08 bits per heavy atom. The minimum Gasteiger partial charge on any atom is -0.497 e. The number of nitrogens with two attached hydrogens (primary N) is 1. The Labute approximate surface area is 157 Å². The highest BCUT2D eigenvalue weighted by molar-refractivity contribution is 7.99. The smallest absolute Gasteiger partial charge is 0.230 e. The van der Waals surface area contributed by atoms with E-state index in [1.807, 2.05) is 0 Å². The Balaban J connectivity index is 2.03. The third-order valence-electron chi connectivity index (χ3n) is 3.75. The van der Waals surface area contributed by atoms with Crippen LogP contribution in [-0.4, -0.2) is 47.3 Å². The van der Waals surface area contributed by atoms with Crippen molar-refractivity contribution in [1.29, 1.82) is 0 Å². The number of aromatic nitrogens is 3. The van der Waals surface area contributed by atoms with E-state index < -0.39 is 0 Å². The van der Waals surface area contributed by atoms with Gasteiger partial charge in [0.1, 0.15) is 11.5 Å². The fourth-order valence-electron chi connectivity index (χ4n) is 2.33. The fraction of sp³-hybridized carbons (Fsp3) is 0.471. The first-order valence-corrected chi connectivity index (χ1v) is 9.41. The molecule has 0 aliphatic heterocycles. The molecule has 1 heterocycles. The van der Waals surface area contributed by atoms with Crippen molar-refractivity contribution in [3.63, 3.8) is 0 Å². The van der Waals surface area contributed by atoms with Crippen LogP contribution in [0.15, 0.2) is 23.4 Å². The summed E-state index contributed by atoms with van der Waals surface area (Å²) in [6, 6.07) is 5.35. The van der Waals surface area contributed by atoms with Crippen molar-refractivity contribution in [3.05, 3.63) is 18.2 Å². The van der Waals surface area contributed by atoms with Crippen molar-refractivity contribution in [3.8, 4) is 22.9 Å². The first kappa shape index (κ1) is 19.9. The van der Waals surface area contributed by atoms with Crippen LogP contribution >= 0.6 is 11.8 Å². The van der Waals surface area contributed by atoms with Crippen LogP contribution < -0.4 is 20.6 Å². The molecule has 0 bridgehead atoms. The van der Waals surface area contributed by atoms with Crippen LogP contribution in [0.4, 0.5) is 0 Å². The van der Waals surface area contributed by atoms with Crippen LogP contribution in [0.25, 0.3) is 11.4 Å². The molecule has 0 aliphatic rings. The minimum atomic E-state index is -0.0438. The predicted octanol–water partition coefficient (Wildman–Crippen LogP) is 2.07. The van der Waals surface area contributed by atoms with Gasteiger partial charge in [0, 0.05) is 12.6 Å². The molecule has 2 rings (SSSR count). The van der Waals surface area contributed by atoms with Crippen LogP contribution in [0.2, 0.25) is 0 Å². The van der Waals surface area contributed by atoms with Gasteiger partial charge in [0.05, 0.1) is 25.5 Å². The molecule has 0 radical (unpaired) electrons. The quantitative estimate of drug-likeness (QED) is 0.370. The molecule has 0 saturated heterocycles. The highest BCUT2D eigenvalue weighted by atomic mass is 32.2. The lowest BCUT2D eigenvalue weighted by Crippen LogP contribution is -2.26. The Morgan fingerprint density at radius 1 is 1.27 bits per heavy atom. The molecule has 0 spiro atoms. The lowest BCUT2D eigenvalue weighted by atomic mass is 10.2. The second-order valence-corrected chi connectivity index (χ2v) is 6.53. The Hall–Kier alpha value is -2.42. The number of carbonyl (C=O) groups is 1. The Bertz CT molecular complexity index is 735. The summed E-state index contributed by atoms with van der Waals surface area (Å²) in [6.45, 7) is 2.82. The van der Waals surface area contributed by atoms with Crippen LogP contribution in [-0.2, 0) is 4.79 Å². The third-order valence-corrected chi connectivity index (χ3v) is 4.69. The summed E-state index contributed by atoms with van der Waals surface area (Å²) in [5.41, 5.74) is 0.694. The molecule has 26 heavy (non-hydrogen) atoms. The van der Waals surface area contributed by atoms with E-state index in [-0.39, 0.29) is 11.7 Å². The van der Waals surface area contributed by atoms with Gasteiger partial charge in [-0.25, -0.2) is 4.68 Å². The molecule has 1 aromatic carbocycles. The topological polar surface area (TPSA) is 104 Å².